The SMILES string of the molecule is CN1c2ccccc2C(C)(C)C12C=CC1=C(S2)c2ccccc2O/C1=C\C=[N+](C)C. The van der Waals surface area contributed by atoms with Gasteiger partial charge in [0.25, 0.3) is 0 Å². The van der Waals surface area contributed by atoms with Gasteiger partial charge in [0.1, 0.15) is 30.5 Å². The van der Waals surface area contributed by atoms with Crippen molar-refractivity contribution in [1.82, 2.24) is 0 Å². The fourth-order valence-corrected chi connectivity index (χ4v) is 6.37. The molecule has 0 bridgehead atoms. The topological polar surface area (TPSA) is 15.5 Å². The zero-order valence-corrected chi connectivity index (χ0v) is 19.0. The molecule has 0 radical (unpaired) electrons. The van der Waals surface area contributed by atoms with Crippen molar-refractivity contribution in [1.29, 1.82) is 0 Å². The lowest BCUT2D eigenvalue weighted by Crippen LogP contribution is -2.50. The Morgan fingerprint density at radius 3 is 2.53 bits per heavy atom. The molecule has 152 valence electrons. The maximum atomic E-state index is 6.31. The molecule has 1 unspecified atom stereocenters. The lowest BCUT2D eigenvalue weighted by molar-refractivity contribution is -0.458. The van der Waals surface area contributed by atoms with Gasteiger partial charge in [-0.1, -0.05) is 68.1 Å². The van der Waals surface area contributed by atoms with Crippen molar-refractivity contribution >= 4 is 28.6 Å². The molecule has 2 aromatic rings. The van der Waals surface area contributed by atoms with Crippen LogP contribution in [0.5, 0.6) is 5.75 Å². The van der Waals surface area contributed by atoms with Crippen LogP contribution >= 0.6 is 11.8 Å². The van der Waals surface area contributed by atoms with Crippen molar-refractivity contribution in [2.75, 3.05) is 26.0 Å². The number of fused-ring (bicyclic) bond motifs is 3. The third kappa shape index (κ3) is 2.56. The minimum atomic E-state index is -0.198. The van der Waals surface area contributed by atoms with Gasteiger partial charge in [-0.05, 0) is 23.8 Å². The Morgan fingerprint density at radius 1 is 1.03 bits per heavy atom. The Balaban J connectivity index is 1.69. The molecule has 3 heterocycles. The van der Waals surface area contributed by atoms with Crippen LogP contribution in [0.15, 0.2) is 78.1 Å². The molecule has 0 aromatic heterocycles. The molecular weight excluding hydrogens is 388 g/mol. The third-order valence-corrected chi connectivity index (χ3v) is 8.33. The first-order valence-corrected chi connectivity index (χ1v) is 11.1. The quantitative estimate of drug-likeness (QED) is 0.455. The fourth-order valence-electron chi connectivity index (χ4n) is 4.77. The summed E-state index contributed by atoms with van der Waals surface area (Å²) in [6, 6.07) is 17.2. The van der Waals surface area contributed by atoms with E-state index in [1.807, 2.05) is 42.7 Å². The third-order valence-electron chi connectivity index (χ3n) is 6.45. The minimum absolute atomic E-state index is 0.0507. The Labute approximate surface area is 183 Å². The zero-order chi connectivity index (χ0) is 21.1. The van der Waals surface area contributed by atoms with Gasteiger partial charge in [-0.25, -0.2) is 4.58 Å². The number of ether oxygens (including phenoxy) is 1. The molecule has 3 aliphatic heterocycles. The number of anilines is 1. The number of hydrogen-bond acceptors (Lipinski definition) is 3. The summed E-state index contributed by atoms with van der Waals surface area (Å²) in [5.41, 5.74) is 4.97. The van der Waals surface area contributed by atoms with Crippen LogP contribution in [0.2, 0.25) is 0 Å². The number of likely N-dealkylation sites (N-methyl/N-ethyl adjacent to an activating group) is 1. The summed E-state index contributed by atoms with van der Waals surface area (Å²) in [4.78, 5) is 3.53. The van der Waals surface area contributed by atoms with E-state index < -0.39 is 0 Å². The van der Waals surface area contributed by atoms with Gasteiger partial charge >= 0.3 is 0 Å². The predicted molar refractivity (Wildman–Crippen MR) is 128 cm³/mol. The van der Waals surface area contributed by atoms with Crippen LogP contribution in [0.1, 0.15) is 25.0 Å². The minimum Gasteiger partial charge on any atom is -0.456 e. The van der Waals surface area contributed by atoms with Gasteiger partial charge in [-0.15, -0.1) is 0 Å². The number of nitrogens with zero attached hydrogens (tertiary/aromatic N) is 2. The van der Waals surface area contributed by atoms with Gasteiger partial charge in [-0.3, -0.25) is 0 Å². The highest BCUT2D eigenvalue weighted by Gasteiger charge is 2.56. The normalized spacial score (nSPS) is 24.4. The molecule has 0 saturated heterocycles. The summed E-state index contributed by atoms with van der Waals surface area (Å²) in [6.07, 6.45) is 8.74. The molecule has 0 saturated carbocycles. The molecule has 4 heteroatoms. The maximum absolute atomic E-state index is 6.31. The van der Waals surface area contributed by atoms with E-state index in [1.54, 1.807) is 0 Å². The molecule has 0 N–H and O–H groups in total. The second-order valence-corrected chi connectivity index (χ2v) is 10.1. The van der Waals surface area contributed by atoms with Crippen LogP contribution in [-0.2, 0) is 5.41 Å². The Morgan fingerprint density at radius 2 is 1.77 bits per heavy atom. The number of benzene rings is 2. The van der Waals surface area contributed by atoms with E-state index in [0.29, 0.717) is 0 Å². The molecule has 1 spiro atoms. The van der Waals surface area contributed by atoms with E-state index >= 15 is 0 Å². The van der Waals surface area contributed by atoms with Gasteiger partial charge in [0.15, 0.2) is 6.21 Å². The summed E-state index contributed by atoms with van der Waals surface area (Å²) in [6.45, 7) is 4.72. The largest absolute Gasteiger partial charge is 0.456 e. The van der Waals surface area contributed by atoms with Crippen LogP contribution in [-0.4, -0.2) is 36.8 Å². The van der Waals surface area contributed by atoms with Gasteiger partial charge in [0, 0.05) is 40.3 Å². The number of allylic oxidation sites excluding steroid dienone is 2. The summed E-state index contributed by atoms with van der Waals surface area (Å²) in [5, 5.41) is 0. The summed E-state index contributed by atoms with van der Waals surface area (Å²) < 4.78 is 8.34. The highest BCUT2D eigenvalue weighted by Crippen LogP contribution is 2.63. The molecule has 3 nitrogen and oxygen atoms in total. The molecule has 0 fully saturated rings. The molecule has 1 atom stereocenters. The molecule has 30 heavy (non-hydrogen) atoms. The van der Waals surface area contributed by atoms with Crippen molar-refractivity contribution in [2.45, 2.75) is 24.1 Å². The van der Waals surface area contributed by atoms with E-state index in [9.17, 15) is 0 Å². The molecule has 0 aliphatic carbocycles. The van der Waals surface area contributed by atoms with Crippen molar-refractivity contribution in [2.24, 2.45) is 0 Å². The lowest BCUT2D eigenvalue weighted by Gasteiger charge is -2.47. The van der Waals surface area contributed by atoms with Crippen LogP contribution in [0.4, 0.5) is 5.69 Å². The molecule has 3 aliphatic rings. The van der Waals surface area contributed by atoms with E-state index in [-0.39, 0.29) is 10.3 Å². The van der Waals surface area contributed by atoms with Crippen LogP contribution in [0.3, 0.4) is 0 Å². The van der Waals surface area contributed by atoms with E-state index in [2.05, 4.69) is 86.5 Å². The van der Waals surface area contributed by atoms with Crippen LogP contribution in [0, 0.1) is 0 Å². The highest BCUT2D eigenvalue weighted by atomic mass is 32.2. The standard InChI is InChI=1S/C26H27N2OS/c1-25(2)20-11-7-8-12-21(20)28(5)26(25)16-14-19-23(15-17-27(3)4)29-22-13-9-6-10-18(22)24(19)30-26/h6-17H,1-5H3/q+1/b23-15-. The molecule has 0 amide bonds. The molecule has 2 aromatic carbocycles. The first kappa shape index (κ1) is 19.3. The number of thioether (sulfide) groups is 1. The number of rotatable bonds is 1. The Bertz CT molecular complexity index is 1170. The average molecular weight is 416 g/mol. The van der Waals surface area contributed by atoms with Crippen LogP contribution < -0.4 is 9.64 Å². The molecule has 5 rings (SSSR count). The van der Waals surface area contributed by atoms with Crippen LogP contribution in [0.25, 0.3) is 4.91 Å². The molecular formula is C26H27N2OS+. The zero-order valence-electron chi connectivity index (χ0n) is 18.1. The monoisotopic (exact) mass is 415 g/mol. The van der Waals surface area contributed by atoms with Gasteiger partial charge in [0.2, 0.25) is 0 Å². The van der Waals surface area contributed by atoms with Gasteiger partial charge in [-0.2, -0.15) is 0 Å². The summed E-state index contributed by atoms with van der Waals surface area (Å²) in [7, 11) is 6.27. The lowest BCUT2D eigenvalue weighted by atomic mass is 9.79. The maximum Gasteiger partial charge on any atom is 0.166 e. The van der Waals surface area contributed by atoms with Crippen molar-refractivity contribution in [3.63, 3.8) is 0 Å². The van der Waals surface area contributed by atoms with Gasteiger partial charge < -0.3 is 9.64 Å². The average Bonchev–Trinajstić information content (AvgIpc) is 2.90. The fraction of sp³-hybridized carbons (Fsp3) is 0.269. The summed E-state index contributed by atoms with van der Waals surface area (Å²) in [5.74, 6) is 1.82. The Kier molecular flexibility index (Phi) is 4.26. The van der Waals surface area contributed by atoms with E-state index in [4.69, 9.17) is 4.74 Å². The first-order chi connectivity index (χ1) is 14.3. The first-order valence-electron chi connectivity index (χ1n) is 10.3. The van der Waals surface area contributed by atoms with E-state index in [1.165, 1.54) is 21.7 Å². The van der Waals surface area contributed by atoms with Gasteiger partial charge in [0.05, 0.1) is 0 Å². The smallest absolute Gasteiger partial charge is 0.166 e. The second-order valence-electron chi connectivity index (χ2n) is 8.82. The van der Waals surface area contributed by atoms with Crippen molar-refractivity contribution in [3.8, 4) is 5.75 Å². The highest BCUT2D eigenvalue weighted by molar-refractivity contribution is 8.10. The second kappa shape index (κ2) is 6.64. The Hall–Kier alpha value is -2.72. The van der Waals surface area contributed by atoms with Crippen molar-refractivity contribution in [3.05, 3.63) is 89.2 Å². The van der Waals surface area contributed by atoms with E-state index in [0.717, 1.165) is 17.1 Å². The van der Waals surface area contributed by atoms with Crippen molar-refractivity contribution < 1.29 is 9.31 Å². The predicted octanol–water partition coefficient (Wildman–Crippen LogP) is 5.44. The summed E-state index contributed by atoms with van der Waals surface area (Å²) >= 11 is 1.95. The number of para-hydroxylation sites is 2. The number of hydrogen-bond donors (Lipinski definition) is 0.